The zero-order valence-corrected chi connectivity index (χ0v) is 19.0. The number of rotatable bonds is 6. The van der Waals surface area contributed by atoms with Crippen LogP contribution in [0.4, 0.5) is 34.6 Å². The number of fused-ring (bicyclic) bond motifs is 1. The highest BCUT2D eigenvalue weighted by Crippen LogP contribution is 2.38. The molecule has 1 aliphatic heterocycles. The Morgan fingerprint density at radius 2 is 2.12 bits per heavy atom. The normalized spacial score (nSPS) is 17.0. The van der Waals surface area contributed by atoms with Gasteiger partial charge in [0.25, 0.3) is 0 Å². The minimum absolute atomic E-state index is 0.285. The SMILES string of the molecule is CCNc1nc(Nc2cc(N)cc(N3CCOC(C(C)(C)O)C3)c2Cl)nn2c(N)cnc12. The van der Waals surface area contributed by atoms with Crippen molar-refractivity contribution in [3.05, 3.63) is 23.4 Å². The molecule has 2 aromatic heterocycles. The number of imidazole rings is 1. The summed E-state index contributed by atoms with van der Waals surface area (Å²) in [6.07, 6.45) is 1.17. The van der Waals surface area contributed by atoms with Gasteiger partial charge in [0.1, 0.15) is 11.9 Å². The van der Waals surface area contributed by atoms with Gasteiger partial charge in [-0.1, -0.05) is 11.6 Å². The molecule has 1 atom stereocenters. The zero-order valence-electron chi connectivity index (χ0n) is 18.3. The average molecular weight is 462 g/mol. The van der Waals surface area contributed by atoms with Gasteiger partial charge in [-0.25, -0.2) is 4.98 Å². The molecule has 7 N–H and O–H groups in total. The zero-order chi connectivity index (χ0) is 23.0. The van der Waals surface area contributed by atoms with Crippen LogP contribution in [-0.4, -0.2) is 62.6 Å². The van der Waals surface area contributed by atoms with Gasteiger partial charge in [-0.15, -0.1) is 5.10 Å². The molecule has 3 heterocycles. The number of hydrogen-bond acceptors (Lipinski definition) is 10. The van der Waals surface area contributed by atoms with Gasteiger partial charge in [0.05, 0.1) is 34.8 Å². The van der Waals surface area contributed by atoms with Gasteiger partial charge in [-0.3, -0.25) is 0 Å². The van der Waals surface area contributed by atoms with Crippen LogP contribution < -0.4 is 27.0 Å². The fourth-order valence-corrected chi connectivity index (χ4v) is 3.88. The van der Waals surface area contributed by atoms with Crippen molar-refractivity contribution in [2.45, 2.75) is 32.5 Å². The fraction of sp³-hybridized carbons (Fsp3) is 0.450. The van der Waals surface area contributed by atoms with Gasteiger partial charge in [0.15, 0.2) is 11.5 Å². The number of halogens is 1. The summed E-state index contributed by atoms with van der Waals surface area (Å²) in [5.41, 5.74) is 13.5. The molecule has 1 fully saturated rings. The second-order valence-corrected chi connectivity index (χ2v) is 8.60. The van der Waals surface area contributed by atoms with Crippen LogP contribution in [0.5, 0.6) is 0 Å². The summed E-state index contributed by atoms with van der Waals surface area (Å²) in [7, 11) is 0. The summed E-state index contributed by atoms with van der Waals surface area (Å²) in [6, 6.07) is 3.53. The van der Waals surface area contributed by atoms with Gasteiger partial charge >= 0.3 is 0 Å². The van der Waals surface area contributed by atoms with Crippen molar-refractivity contribution < 1.29 is 9.84 Å². The summed E-state index contributed by atoms with van der Waals surface area (Å²) in [5.74, 6) is 1.21. The third-order valence-corrected chi connectivity index (χ3v) is 5.65. The summed E-state index contributed by atoms with van der Waals surface area (Å²) in [4.78, 5) is 10.8. The smallest absolute Gasteiger partial charge is 0.247 e. The van der Waals surface area contributed by atoms with Crippen LogP contribution in [0.25, 0.3) is 5.65 Å². The molecule has 0 bridgehead atoms. The van der Waals surface area contributed by atoms with Gasteiger partial charge in [0, 0.05) is 25.3 Å². The maximum Gasteiger partial charge on any atom is 0.247 e. The number of nitrogens with zero attached hydrogens (tertiary/aromatic N) is 5. The Bertz CT molecular complexity index is 1130. The van der Waals surface area contributed by atoms with E-state index in [1.165, 1.54) is 10.7 Å². The third-order valence-electron chi connectivity index (χ3n) is 5.25. The lowest BCUT2D eigenvalue weighted by atomic mass is 10.00. The van der Waals surface area contributed by atoms with Crippen molar-refractivity contribution in [2.24, 2.45) is 0 Å². The van der Waals surface area contributed by atoms with E-state index in [-0.39, 0.29) is 12.1 Å². The Balaban J connectivity index is 1.68. The second-order valence-electron chi connectivity index (χ2n) is 8.22. The Hall–Kier alpha value is -3.02. The largest absolute Gasteiger partial charge is 0.399 e. The van der Waals surface area contributed by atoms with E-state index in [2.05, 4.69) is 30.6 Å². The van der Waals surface area contributed by atoms with Gasteiger partial charge in [-0.05, 0) is 32.9 Å². The molecule has 11 nitrogen and oxygen atoms in total. The van der Waals surface area contributed by atoms with Crippen molar-refractivity contribution in [1.29, 1.82) is 0 Å². The van der Waals surface area contributed by atoms with Crippen molar-refractivity contribution in [2.75, 3.05) is 53.2 Å². The first-order valence-corrected chi connectivity index (χ1v) is 10.7. The molecule has 32 heavy (non-hydrogen) atoms. The first kappa shape index (κ1) is 22.2. The average Bonchev–Trinajstić information content (AvgIpc) is 3.11. The lowest BCUT2D eigenvalue weighted by Crippen LogP contribution is -2.52. The highest BCUT2D eigenvalue weighted by molar-refractivity contribution is 6.36. The van der Waals surface area contributed by atoms with Crippen LogP contribution in [0.2, 0.25) is 5.02 Å². The van der Waals surface area contributed by atoms with Crippen molar-refractivity contribution in [3.63, 3.8) is 0 Å². The number of nitrogens with one attached hydrogen (secondary N) is 2. The molecule has 0 aliphatic carbocycles. The molecule has 172 valence electrons. The number of aromatic nitrogens is 4. The Kier molecular flexibility index (Phi) is 5.89. The molecule has 0 radical (unpaired) electrons. The summed E-state index contributed by atoms with van der Waals surface area (Å²) >= 11 is 6.78. The topological polar surface area (TPSA) is 152 Å². The van der Waals surface area contributed by atoms with E-state index < -0.39 is 5.60 Å². The predicted molar refractivity (Wildman–Crippen MR) is 127 cm³/mol. The maximum atomic E-state index is 10.4. The van der Waals surface area contributed by atoms with Crippen molar-refractivity contribution in [1.82, 2.24) is 19.6 Å². The molecule has 1 saturated heterocycles. The molecule has 1 aliphatic rings. The number of aliphatic hydroxyl groups is 1. The van der Waals surface area contributed by atoms with Crippen molar-refractivity contribution >= 4 is 51.9 Å². The minimum atomic E-state index is -0.983. The van der Waals surface area contributed by atoms with Crippen LogP contribution in [0, 0.1) is 0 Å². The van der Waals surface area contributed by atoms with Crippen LogP contribution in [0.1, 0.15) is 20.8 Å². The molecule has 3 aromatic rings. The second kappa shape index (κ2) is 8.49. The lowest BCUT2D eigenvalue weighted by Gasteiger charge is -2.40. The van der Waals surface area contributed by atoms with E-state index in [0.29, 0.717) is 59.9 Å². The van der Waals surface area contributed by atoms with Crippen LogP contribution >= 0.6 is 11.6 Å². The van der Waals surface area contributed by atoms with Crippen LogP contribution in [0.3, 0.4) is 0 Å². The molecular weight excluding hydrogens is 434 g/mol. The highest BCUT2D eigenvalue weighted by Gasteiger charge is 2.33. The number of nitrogen functional groups attached to an aromatic ring is 2. The molecule has 12 heteroatoms. The molecule has 1 aromatic carbocycles. The van der Waals surface area contributed by atoms with Gasteiger partial charge in [0.2, 0.25) is 5.95 Å². The minimum Gasteiger partial charge on any atom is -0.399 e. The summed E-state index contributed by atoms with van der Waals surface area (Å²) < 4.78 is 7.25. The quantitative estimate of drug-likeness (QED) is 0.345. The van der Waals surface area contributed by atoms with Crippen LogP contribution in [0.15, 0.2) is 18.3 Å². The lowest BCUT2D eigenvalue weighted by molar-refractivity contribution is -0.0927. The number of ether oxygens (including phenoxy) is 1. The van der Waals surface area contributed by atoms with E-state index in [9.17, 15) is 5.11 Å². The first-order valence-electron chi connectivity index (χ1n) is 10.4. The summed E-state index contributed by atoms with van der Waals surface area (Å²) in [5, 5.41) is 21.6. The molecular formula is C20H28ClN9O2. The molecule has 0 amide bonds. The molecule has 0 spiro atoms. The number of nitrogens with two attached hydrogens (primary N) is 2. The number of hydrogen-bond donors (Lipinski definition) is 5. The van der Waals surface area contributed by atoms with E-state index >= 15 is 0 Å². The van der Waals surface area contributed by atoms with E-state index in [0.717, 1.165) is 5.69 Å². The third kappa shape index (κ3) is 4.31. The summed E-state index contributed by atoms with van der Waals surface area (Å²) in [6.45, 7) is 7.63. The highest BCUT2D eigenvalue weighted by atomic mass is 35.5. The molecule has 1 unspecified atom stereocenters. The monoisotopic (exact) mass is 461 g/mol. The number of morpholine rings is 1. The Morgan fingerprint density at radius 1 is 1.34 bits per heavy atom. The molecule has 4 rings (SSSR count). The van der Waals surface area contributed by atoms with Gasteiger partial charge < -0.3 is 36.8 Å². The Labute approximate surface area is 190 Å². The fourth-order valence-electron chi connectivity index (χ4n) is 3.61. The number of benzene rings is 1. The van der Waals surface area contributed by atoms with Crippen LogP contribution in [-0.2, 0) is 4.74 Å². The van der Waals surface area contributed by atoms with Crippen molar-refractivity contribution in [3.8, 4) is 0 Å². The van der Waals surface area contributed by atoms with E-state index in [4.69, 9.17) is 27.8 Å². The molecule has 0 saturated carbocycles. The van der Waals surface area contributed by atoms with E-state index in [1.807, 2.05) is 13.0 Å². The maximum absolute atomic E-state index is 10.4. The first-order chi connectivity index (χ1) is 15.2. The number of anilines is 6. The van der Waals surface area contributed by atoms with Gasteiger partial charge in [-0.2, -0.15) is 9.50 Å². The predicted octanol–water partition coefficient (Wildman–Crippen LogP) is 2.09. The van der Waals surface area contributed by atoms with E-state index in [1.54, 1.807) is 19.9 Å². The standard InChI is InChI=1S/C20H28ClN9O2/c1-4-24-17-18-25-9-15(23)30(18)28-19(27-17)26-12-7-11(22)8-13(16(12)21)29-5-6-32-14(10-29)20(2,3)31/h7-9,14,31H,4-6,10,22-23H2,1-3H3,(H2,24,26,27,28). The Morgan fingerprint density at radius 3 is 2.84 bits per heavy atom.